The molecule has 0 aliphatic carbocycles. The average molecular weight is 137 g/mol. The van der Waals surface area contributed by atoms with Crippen molar-refractivity contribution in [2.45, 2.75) is 19.8 Å². The van der Waals surface area contributed by atoms with E-state index in [4.69, 9.17) is 0 Å². The van der Waals surface area contributed by atoms with Gasteiger partial charge in [0.15, 0.2) is 0 Å². The maximum Gasteiger partial charge on any atom is 0.0223 e. The van der Waals surface area contributed by atoms with Crippen molar-refractivity contribution in [3.63, 3.8) is 0 Å². The van der Waals surface area contributed by atoms with Crippen LogP contribution in [0.15, 0.2) is 29.9 Å². The summed E-state index contributed by atoms with van der Waals surface area (Å²) in [6.45, 7) is 9.20. The van der Waals surface area contributed by atoms with Gasteiger partial charge in [-0.2, -0.15) is 0 Å². The van der Waals surface area contributed by atoms with Crippen molar-refractivity contribution in [3.05, 3.63) is 24.9 Å². The maximum absolute atomic E-state index is 3.68. The van der Waals surface area contributed by atoms with E-state index >= 15 is 0 Å². The van der Waals surface area contributed by atoms with Crippen LogP contribution in [0.25, 0.3) is 0 Å². The lowest BCUT2D eigenvalue weighted by atomic mass is 10.0. The van der Waals surface area contributed by atoms with Crippen LogP contribution in [0.5, 0.6) is 0 Å². The summed E-state index contributed by atoms with van der Waals surface area (Å²) < 4.78 is 0. The largest absolute Gasteiger partial charge is 0.273 e. The number of hydrogen-bond donors (Lipinski definition) is 0. The molecular formula is C9H15N. The number of rotatable bonds is 5. The zero-order valence-corrected chi connectivity index (χ0v) is 6.59. The lowest BCUT2D eigenvalue weighted by molar-refractivity contribution is 0.638. The van der Waals surface area contributed by atoms with Crippen LogP contribution >= 0.6 is 0 Å². The summed E-state index contributed by atoms with van der Waals surface area (Å²) >= 11 is 0. The van der Waals surface area contributed by atoms with Crippen LogP contribution in [0.1, 0.15) is 19.8 Å². The van der Waals surface area contributed by atoms with Crippen molar-refractivity contribution in [1.29, 1.82) is 0 Å². The Kier molecular flexibility index (Phi) is 5.74. The molecule has 1 heteroatoms. The highest BCUT2D eigenvalue weighted by atomic mass is 14.6. The molecule has 0 radical (unpaired) electrons. The van der Waals surface area contributed by atoms with Gasteiger partial charge in [-0.15, -0.1) is 6.58 Å². The van der Waals surface area contributed by atoms with E-state index in [0.717, 1.165) is 12.8 Å². The maximum atomic E-state index is 3.68. The molecular weight excluding hydrogens is 122 g/mol. The molecule has 0 heterocycles. The van der Waals surface area contributed by atoms with Crippen molar-refractivity contribution in [2.75, 3.05) is 0 Å². The first-order chi connectivity index (χ1) is 4.85. The molecule has 0 bridgehead atoms. The summed E-state index contributed by atoms with van der Waals surface area (Å²) in [7, 11) is 0. The van der Waals surface area contributed by atoms with Crippen LogP contribution in [0.4, 0.5) is 0 Å². The summed E-state index contributed by atoms with van der Waals surface area (Å²) in [5.41, 5.74) is 0. The molecule has 0 unspecified atom stereocenters. The first-order valence-electron chi connectivity index (χ1n) is 3.58. The zero-order chi connectivity index (χ0) is 7.82. The number of aliphatic imine (C=N–C) groups is 1. The van der Waals surface area contributed by atoms with Crippen LogP contribution in [0.2, 0.25) is 0 Å². The minimum atomic E-state index is 0.586. The normalized spacial score (nSPS) is 13.3. The molecule has 1 nitrogen and oxygen atoms in total. The zero-order valence-electron chi connectivity index (χ0n) is 6.59. The van der Waals surface area contributed by atoms with Crippen LogP contribution in [-0.2, 0) is 0 Å². The van der Waals surface area contributed by atoms with Crippen LogP contribution in [0, 0.1) is 5.92 Å². The minimum absolute atomic E-state index is 0.586. The fourth-order valence-electron chi connectivity index (χ4n) is 0.778. The van der Waals surface area contributed by atoms with Crippen LogP contribution < -0.4 is 0 Å². The topological polar surface area (TPSA) is 12.4 Å². The van der Waals surface area contributed by atoms with Crippen LogP contribution in [-0.4, -0.2) is 6.72 Å². The third-order valence-electron chi connectivity index (χ3n) is 1.46. The second-order valence-electron chi connectivity index (χ2n) is 2.22. The van der Waals surface area contributed by atoms with E-state index in [-0.39, 0.29) is 0 Å². The minimum Gasteiger partial charge on any atom is -0.273 e. The van der Waals surface area contributed by atoms with Crippen molar-refractivity contribution >= 4 is 6.72 Å². The van der Waals surface area contributed by atoms with E-state index in [2.05, 4.69) is 31.3 Å². The molecule has 0 aliphatic heterocycles. The van der Waals surface area contributed by atoms with Crippen LogP contribution in [0.3, 0.4) is 0 Å². The Morgan fingerprint density at radius 1 is 1.60 bits per heavy atom. The monoisotopic (exact) mass is 137 g/mol. The fourth-order valence-corrected chi connectivity index (χ4v) is 0.778. The lowest BCUT2D eigenvalue weighted by Crippen LogP contribution is -1.90. The van der Waals surface area contributed by atoms with Gasteiger partial charge in [-0.25, -0.2) is 0 Å². The smallest absolute Gasteiger partial charge is 0.0223 e. The molecule has 0 aromatic carbocycles. The van der Waals surface area contributed by atoms with Gasteiger partial charge in [0.1, 0.15) is 0 Å². The number of allylic oxidation sites excluding steroid dienone is 2. The van der Waals surface area contributed by atoms with Crippen molar-refractivity contribution in [3.8, 4) is 0 Å². The Balaban J connectivity index is 3.68. The van der Waals surface area contributed by atoms with Gasteiger partial charge in [-0.05, 0) is 25.5 Å². The third kappa shape index (κ3) is 4.07. The van der Waals surface area contributed by atoms with E-state index in [1.165, 1.54) is 0 Å². The Bertz CT molecular complexity index is 125. The van der Waals surface area contributed by atoms with Gasteiger partial charge in [-0.3, -0.25) is 4.99 Å². The molecule has 56 valence electrons. The number of hydrogen-bond acceptors (Lipinski definition) is 1. The molecule has 0 aromatic heterocycles. The van der Waals surface area contributed by atoms with Gasteiger partial charge in [0.05, 0.1) is 0 Å². The van der Waals surface area contributed by atoms with E-state index in [1.54, 1.807) is 6.20 Å². The molecule has 0 saturated heterocycles. The van der Waals surface area contributed by atoms with Crippen molar-refractivity contribution < 1.29 is 0 Å². The summed E-state index contributed by atoms with van der Waals surface area (Å²) in [6, 6.07) is 0. The number of nitrogens with zero attached hydrogens (tertiary/aromatic N) is 1. The molecule has 1 atom stereocenters. The lowest BCUT2D eigenvalue weighted by Gasteiger charge is -2.03. The molecule has 0 amide bonds. The van der Waals surface area contributed by atoms with Gasteiger partial charge >= 0.3 is 0 Å². The third-order valence-corrected chi connectivity index (χ3v) is 1.46. The summed E-state index contributed by atoms with van der Waals surface area (Å²) in [5.74, 6) is 0.586. The van der Waals surface area contributed by atoms with E-state index in [9.17, 15) is 0 Å². The highest BCUT2D eigenvalue weighted by Gasteiger charge is 1.95. The predicted octanol–water partition coefficient (Wildman–Crippen LogP) is 2.80. The van der Waals surface area contributed by atoms with Gasteiger partial charge in [0.2, 0.25) is 0 Å². The van der Waals surface area contributed by atoms with Gasteiger partial charge in [0, 0.05) is 6.20 Å². The Morgan fingerprint density at radius 3 is 2.70 bits per heavy atom. The summed E-state index contributed by atoms with van der Waals surface area (Å²) in [6.07, 6.45) is 7.91. The standard InChI is InChI=1S/C9H15N/c1-4-6-9(5-2)7-8-10-3/h4,7-9H,1,3,5-6H2,2H3/b8-7-/t9-/m0/s1. The van der Waals surface area contributed by atoms with Gasteiger partial charge < -0.3 is 0 Å². The first-order valence-corrected chi connectivity index (χ1v) is 3.58. The van der Waals surface area contributed by atoms with Gasteiger partial charge in [0.25, 0.3) is 0 Å². The Hall–Kier alpha value is -0.850. The van der Waals surface area contributed by atoms with Crippen molar-refractivity contribution in [2.24, 2.45) is 10.9 Å². The quantitative estimate of drug-likeness (QED) is 0.408. The summed E-state index contributed by atoms with van der Waals surface area (Å²) in [4.78, 5) is 3.64. The second-order valence-corrected chi connectivity index (χ2v) is 2.22. The molecule has 0 aliphatic rings. The average Bonchev–Trinajstić information content (AvgIpc) is 1.98. The van der Waals surface area contributed by atoms with E-state index in [1.807, 2.05) is 6.08 Å². The molecule has 0 fully saturated rings. The SMILES string of the molecule is C=CC[C@@H](/C=C\N=C)CC. The molecule has 0 saturated carbocycles. The Morgan fingerprint density at radius 2 is 2.30 bits per heavy atom. The Labute approximate surface area is 63.2 Å². The van der Waals surface area contributed by atoms with Crippen molar-refractivity contribution in [1.82, 2.24) is 0 Å². The first kappa shape index (κ1) is 9.15. The highest BCUT2D eigenvalue weighted by molar-refractivity contribution is 5.25. The molecule has 0 spiro atoms. The van der Waals surface area contributed by atoms with Gasteiger partial charge in [-0.1, -0.05) is 19.1 Å². The molecule has 10 heavy (non-hydrogen) atoms. The molecule has 0 rings (SSSR count). The second kappa shape index (κ2) is 6.27. The van der Waals surface area contributed by atoms with E-state index in [0.29, 0.717) is 5.92 Å². The predicted molar refractivity (Wildman–Crippen MR) is 47.3 cm³/mol. The highest BCUT2D eigenvalue weighted by Crippen LogP contribution is 2.09. The fraction of sp³-hybridized carbons (Fsp3) is 0.444. The van der Waals surface area contributed by atoms with E-state index < -0.39 is 0 Å². The molecule has 0 N–H and O–H groups in total. The molecule has 0 aromatic rings. The summed E-state index contributed by atoms with van der Waals surface area (Å²) in [5, 5.41) is 0.